The van der Waals surface area contributed by atoms with Gasteiger partial charge in [0, 0.05) is 18.4 Å². The fraction of sp³-hybridized carbons (Fsp3) is 0.769. The summed E-state index contributed by atoms with van der Waals surface area (Å²) in [5.41, 5.74) is -0.446. The molecule has 0 saturated carbocycles. The molecule has 6 heteroatoms. The molecule has 0 fully saturated rings. The predicted molar refractivity (Wildman–Crippen MR) is 71.6 cm³/mol. The Balaban J connectivity index is 3.87. The number of carbonyl (C=O) groups excluding carboxylic acids is 2. The van der Waals surface area contributed by atoms with Gasteiger partial charge in [0.2, 0.25) is 11.8 Å². The van der Waals surface area contributed by atoms with Crippen molar-refractivity contribution in [3.63, 3.8) is 0 Å². The lowest BCUT2D eigenvalue weighted by atomic mass is 9.96. The zero-order chi connectivity index (χ0) is 15.1. The van der Waals surface area contributed by atoms with Crippen LogP contribution in [0.4, 0.5) is 0 Å². The third-order valence-corrected chi connectivity index (χ3v) is 2.59. The minimum atomic E-state index is -1.03. The fourth-order valence-corrected chi connectivity index (χ4v) is 1.32. The number of nitrogens with one attached hydrogen (secondary N) is 2. The van der Waals surface area contributed by atoms with E-state index in [1.165, 1.54) is 0 Å². The maximum absolute atomic E-state index is 11.5. The highest BCUT2D eigenvalue weighted by molar-refractivity contribution is 5.83. The van der Waals surface area contributed by atoms with E-state index < -0.39 is 17.4 Å². The molecule has 0 radical (unpaired) electrons. The summed E-state index contributed by atoms with van der Waals surface area (Å²) in [6, 6.07) is -0.836. The largest absolute Gasteiger partial charge is 0.480 e. The molecule has 0 aliphatic carbocycles. The third-order valence-electron chi connectivity index (χ3n) is 2.59. The van der Waals surface area contributed by atoms with Gasteiger partial charge in [-0.15, -0.1) is 0 Å². The minimum absolute atomic E-state index is 0.0649. The Morgan fingerprint density at radius 3 is 2.21 bits per heavy atom. The first kappa shape index (κ1) is 17.4. The molecule has 0 heterocycles. The molecule has 110 valence electrons. The Morgan fingerprint density at radius 1 is 1.21 bits per heavy atom. The zero-order valence-electron chi connectivity index (χ0n) is 12.1. The van der Waals surface area contributed by atoms with Crippen LogP contribution in [0.5, 0.6) is 0 Å². The van der Waals surface area contributed by atoms with Gasteiger partial charge in [-0.25, -0.2) is 4.79 Å². The summed E-state index contributed by atoms with van der Waals surface area (Å²) < 4.78 is 0. The summed E-state index contributed by atoms with van der Waals surface area (Å²) in [5.74, 6) is -1.40. The van der Waals surface area contributed by atoms with E-state index in [1.54, 1.807) is 6.92 Å². The Labute approximate surface area is 113 Å². The second-order valence-corrected chi connectivity index (χ2v) is 5.48. The normalized spacial score (nSPS) is 12.6. The Bertz CT molecular complexity index is 334. The molecule has 0 aliphatic heterocycles. The van der Waals surface area contributed by atoms with E-state index in [-0.39, 0.29) is 18.2 Å². The molecule has 0 rings (SSSR count). The first-order chi connectivity index (χ1) is 8.68. The molecule has 0 bridgehead atoms. The molecule has 0 unspecified atom stereocenters. The van der Waals surface area contributed by atoms with E-state index in [0.717, 1.165) is 0 Å². The zero-order valence-corrected chi connectivity index (χ0v) is 12.1. The molecule has 6 nitrogen and oxygen atoms in total. The van der Waals surface area contributed by atoms with Crippen molar-refractivity contribution in [1.82, 2.24) is 10.6 Å². The topological polar surface area (TPSA) is 95.5 Å². The number of aliphatic carboxylic acids is 1. The molecule has 0 spiro atoms. The van der Waals surface area contributed by atoms with Crippen LogP contribution >= 0.6 is 0 Å². The molecule has 2 amide bonds. The van der Waals surface area contributed by atoms with Crippen LogP contribution < -0.4 is 10.6 Å². The average molecular weight is 272 g/mol. The van der Waals surface area contributed by atoms with E-state index in [0.29, 0.717) is 19.4 Å². The van der Waals surface area contributed by atoms with Gasteiger partial charge < -0.3 is 15.7 Å². The van der Waals surface area contributed by atoms with Crippen LogP contribution in [-0.2, 0) is 14.4 Å². The molecule has 19 heavy (non-hydrogen) atoms. The van der Waals surface area contributed by atoms with Crippen molar-refractivity contribution in [2.24, 2.45) is 5.41 Å². The van der Waals surface area contributed by atoms with Gasteiger partial charge in [0.1, 0.15) is 6.04 Å². The van der Waals surface area contributed by atoms with Crippen molar-refractivity contribution < 1.29 is 19.5 Å². The lowest BCUT2D eigenvalue weighted by Gasteiger charge is -2.17. The molecule has 3 N–H and O–H groups in total. The molecule has 0 aliphatic rings. The SMILES string of the molecule is CC[C@H](NC(=O)CCCNC(=O)C(C)(C)C)C(=O)O. The first-order valence-corrected chi connectivity index (χ1v) is 6.49. The smallest absolute Gasteiger partial charge is 0.326 e. The fourth-order valence-electron chi connectivity index (χ4n) is 1.32. The van der Waals surface area contributed by atoms with Crippen molar-refractivity contribution in [1.29, 1.82) is 0 Å². The van der Waals surface area contributed by atoms with Gasteiger partial charge in [-0.05, 0) is 12.8 Å². The van der Waals surface area contributed by atoms with Crippen LogP contribution in [0.1, 0.15) is 47.0 Å². The number of rotatable bonds is 7. The highest BCUT2D eigenvalue weighted by Crippen LogP contribution is 2.12. The van der Waals surface area contributed by atoms with E-state index in [4.69, 9.17) is 5.11 Å². The highest BCUT2D eigenvalue weighted by atomic mass is 16.4. The molecule has 0 aromatic rings. The van der Waals surface area contributed by atoms with Gasteiger partial charge in [0.05, 0.1) is 0 Å². The van der Waals surface area contributed by atoms with Crippen molar-refractivity contribution in [3.05, 3.63) is 0 Å². The molecule has 0 saturated heterocycles. The quantitative estimate of drug-likeness (QED) is 0.600. The summed E-state index contributed by atoms with van der Waals surface area (Å²) in [6.45, 7) is 7.55. The number of carbonyl (C=O) groups is 3. The monoisotopic (exact) mass is 272 g/mol. The molecule has 1 atom stereocenters. The standard InChI is InChI=1S/C13H24N2O4/c1-5-9(11(17)18)15-10(16)7-6-8-14-12(19)13(2,3)4/h9H,5-8H2,1-4H3,(H,14,19)(H,15,16)(H,17,18)/t9-/m0/s1. The predicted octanol–water partition coefficient (Wildman–Crippen LogP) is 0.908. The van der Waals surface area contributed by atoms with Crippen molar-refractivity contribution >= 4 is 17.8 Å². The lowest BCUT2D eigenvalue weighted by Crippen LogP contribution is -2.40. The van der Waals surface area contributed by atoms with E-state index >= 15 is 0 Å². The molecular weight excluding hydrogens is 248 g/mol. The van der Waals surface area contributed by atoms with Crippen LogP contribution in [0, 0.1) is 5.41 Å². The van der Waals surface area contributed by atoms with Crippen molar-refractivity contribution in [2.45, 2.75) is 53.0 Å². The summed E-state index contributed by atoms with van der Waals surface area (Å²) in [5, 5.41) is 14.0. The number of carboxylic acid groups (broad SMARTS) is 1. The van der Waals surface area contributed by atoms with Gasteiger partial charge in [0.15, 0.2) is 0 Å². The highest BCUT2D eigenvalue weighted by Gasteiger charge is 2.20. The second-order valence-electron chi connectivity index (χ2n) is 5.48. The Morgan fingerprint density at radius 2 is 1.79 bits per heavy atom. The van der Waals surface area contributed by atoms with Gasteiger partial charge in [-0.2, -0.15) is 0 Å². The maximum Gasteiger partial charge on any atom is 0.326 e. The number of carboxylic acids is 1. The van der Waals surface area contributed by atoms with Crippen molar-refractivity contribution in [2.75, 3.05) is 6.54 Å². The van der Waals surface area contributed by atoms with Gasteiger partial charge in [0.25, 0.3) is 0 Å². The van der Waals surface area contributed by atoms with Gasteiger partial charge in [-0.1, -0.05) is 27.7 Å². The van der Waals surface area contributed by atoms with Crippen LogP contribution in [0.15, 0.2) is 0 Å². The summed E-state index contributed by atoms with van der Waals surface area (Å²) in [4.78, 5) is 33.7. The average Bonchev–Trinajstić information content (AvgIpc) is 2.29. The summed E-state index contributed by atoms with van der Waals surface area (Å²) in [6.07, 6.45) is 1.04. The number of hydrogen-bond acceptors (Lipinski definition) is 3. The summed E-state index contributed by atoms with van der Waals surface area (Å²) in [7, 11) is 0. The second kappa shape index (κ2) is 7.76. The van der Waals surface area contributed by atoms with Crippen LogP contribution in [0.3, 0.4) is 0 Å². The number of hydrogen-bond donors (Lipinski definition) is 3. The van der Waals surface area contributed by atoms with Crippen LogP contribution in [0.25, 0.3) is 0 Å². The maximum atomic E-state index is 11.5. The Kier molecular flexibility index (Phi) is 7.11. The van der Waals surface area contributed by atoms with Gasteiger partial charge in [-0.3, -0.25) is 9.59 Å². The lowest BCUT2D eigenvalue weighted by molar-refractivity contribution is -0.141. The van der Waals surface area contributed by atoms with Crippen LogP contribution in [0.2, 0.25) is 0 Å². The molecular formula is C13H24N2O4. The van der Waals surface area contributed by atoms with Crippen molar-refractivity contribution in [3.8, 4) is 0 Å². The van der Waals surface area contributed by atoms with Crippen LogP contribution in [-0.4, -0.2) is 35.5 Å². The number of amides is 2. The first-order valence-electron chi connectivity index (χ1n) is 6.49. The third kappa shape index (κ3) is 7.43. The van der Waals surface area contributed by atoms with E-state index in [2.05, 4.69) is 10.6 Å². The molecule has 0 aromatic carbocycles. The van der Waals surface area contributed by atoms with E-state index in [1.807, 2.05) is 20.8 Å². The minimum Gasteiger partial charge on any atom is -0.480 e. The Hall–Kier alpha value is -1.59. The van der Waals surface area contributed by atoms with Gasteiger partial charge >= 0.3 is 5.97 Å². The summed E-state index contributed by atoms with van der Waals surface area (Å²) >= 11 is 0. The van der Waals surface area contributed by atoms with E-state index in [9.17, 15) is 14.4 Å². The molecule has 0 aromatic heterocycles.